The van der Waals surface area contributed by atoms with Crippen molar-refractivity contribution in [2.45, 2.75) is 32.2 Å². The smallest absolute Gasteiger partial charge is 0.356 e. The number of fused-ring (bicyclic) bond motifs is 2. The van der Waals surface area contributed by atoms with Crippen molar-refractivity contribution in [3.8, 4) is 0 Å². The van der Waals surface area contributed by atoms with E-state index in [0.29, 0.717) is 6.54 Å². The van der Waals surface area contributed by atoms with Crippen LogP contribution in [0.4, 0.5) is 0 Å². The molecule has 3 aliphatic rings. The van der Waals surface area contributed by atoms with Crippen LogP contribution >= 0.6 is 0 Å². The van der Waals surface area contributed by atoms with E-state index in [1.807, 2.05) is 0 Å². The number of hydrogen-bond donors (Lipinski definition) is 0. The van der Waals surface area contributed by atoms with E-state index in [9.17, 15) is 9.59 Å². The summed E-state index contributed by atoms with van der Waals surface area (Å²) < 4.78 is 5.11. The van der Waals surface area contributed by atoms with Crippen molar-refractivity contribution in [3.63, 3.8) is 0 Å². The predicted molar refractivity (Wildman–Crippen MR) is 91.3 cm³/mol. The van der Waals surface area contributed by atoms with Crippen LogP contribution in [0.15, 0.2) is 40.9 Å². The zero-order valence-corrected chi connectivity index (χ0v) is 13.9. The van der Waals surface area contributed by atoms with Crippen LogP contribution in [0.3, 0.4) is 0 Å². The van der Waals surface area contributed by atoms with Crippen molar-refractivity contribution in [1.82, 2.24) is 5.06 Å². The second-order valence-corrected chi connectivity index (χ2v) is 6.50. The van der Waals surface area contributed by atoms with E-state index in [2.05, 4.69) is 36.2 Å². The maximum absolute atomic E-state index is 11.6. The van der Waals surface area contributed by atoms with Crippen LogP contribution in [0, 0.1) is 6.92 Å². The standard InChI is InChI=1S/C19H18N2O4/c1-12-2-4-15-9-13(3-5-14(15)8-12)10-16-11-21-19(20-16)24-17(22)6-7-18(23)25-21/h2,4,6-9,16H,3,5,10-11H2,1H3/b7-6+. The molecule has 0 N–H and O–H groups in total. The molecule has 2 aliphatic heterocycles. The van der Waals surface area contributed by atoms with Gasteiger partial charge in [-0.05, 0) is 37.3 Å². The molecule has 0 spiro atoms. The van der Waals surface area contributed by atoms with Crippen molar-refractivity contribution in [2.75, 3.05) is 6.54 Å². The zero-order chi connectivity index (χ0) is 17.4. The summed E-state index contributed by atoms with van der Waals surface area (Å²) in [7, 11) is 0. The second-order valence-electron chi connectivity index (χ2n) is 6.50. The third-order valence-electron chi connectivity index (χ3n) is 4.50. The van der Waals surface area contributed by atoms with Crippen LogP contribution in [0.5, 0.6) is 0 Å². The molecule has 0 amide bonds. The van der Waals surface area contributed by atoms with Crippen LogP contribution < -0.4 is 0 Å². The fourth-order valence-electron chi connectivity index (χ4n) is 3.34. The van der Waals surface area contributed by atoms with E-state index in [1.165, 1.54) is 27.3 Å². The number of rotatable bonds is 2. The molecule has 1 aromatic carbocycles. The molecule has 0 bridgehead atoms. The lowest BCUT2D eigenvalue weighted by Crippen LogP contribution is -2.35. The molecule has 1 aromatic rings. The Morgan fingerprint density at radius 2 is 2.04 bits per heavy atom. The number of esters is 1. The normalized spacial score (nSPS) is 23.4. The van der Waals surface area contributed by atoms with Crippen LogP contribution in [0.2, 0.25) is 0 Å². The Morgan fingerprint density at radius 3 is 2.92 bits per heavy atom. The summed E-state index contributed by atoms with van der Waals surface area (Å²) in [5.74, 6) is -1.23. The first-order valence-corrected chi connectivity index (χ1v) is 8.33. The van der Waals surface area contributed by atoms with Gasteiger partial charge < -0.3 is 9.57 Å². The van der Waals surface area contributed by atoms with Gasteiger partial charge in [-0.1, -0.05) is 35.4 Å². The topological polar surface area (TPSA) is 68.2 Å². The molecule has 0 aromatic heterocycles. The summed E-state index contributed by atoms with van der Waals surface area (Å²) in [4.78, 5) is 32.7. The Bertz CT molecular complexity index is 838. The monoisotopic (exact) mass is 338 g/mol. The summed E-state index contributed by atoms with van der Waals surface area (Å²) >= 11 is 0. The third kappa shape index (κ3) is 3.33. The number of aryl methyl sites for hydroxylation is 2. The summed E-state index contributed by atoms with van der Waals surface area (Å²) in [5.41, 5.74) is 5.21. The first-order chi connectivity index (χ1) is 12.1. The van der Waals surface area contributed by atoms with Gasteiger partial charge in [0.1, 0.15) is 0 Å². The van der Waals surface area contributed by atoms with E-state index in [0.717, 1.165) is 31.4 Å². The lowest BCUT2D eigenvalue weighted by atomic mass is 9.88. The average molecular weight is 338 g/mol. The van der Waals surface area contributed by atoms with Gasteiger partial charge in [-0.2, -0.15) is 5.06 Å². The lowest BCUT2D eigenvalue weighted by molar-refractivity contribution is -0.171. The minimum Gasteiger partial charge on any atom is -0.387 e. The minimum absolute atomic E-state index is 0.0557. The van der Waals surface area contributed by atoms with Gasteiger partial charge in [0.25, 0.3) is 0 Å². The van der Waals surface area contributed by atoms with Crippen molar-refractivity contribution < 1.29 is 19.2 Å². The fourth-order valence-corrected chi connectivity index (χ4v) is 3.34. The Labute approximate surface area is 145 Å². The van der Waals surface area contributed by atoms with Crippen LogP contribution in [0.25, 0.3) is 6.08 Å². The van der Waals surface area contributed by atoms with Crippen LogP contribution in [-0.4, -0.2) is 35.6 Å². The number of ether oxygens (including phenoxy) is 1. The van der Waals surface area contributed by atoms with Gasteiger partial charge in [0, 0.05) is 12.2 Å². The number of carbonyl (C=O) groups is 2. The molecule has 6 nitrogen and oxygen atoms in total. The zero-order valence-electron chi connectivity index (χ0n) is 13.9. The molecule has 0 saturated carbocycles. The van der Waals surface area contributed by atoms with Crippen molar-refractivity contribution in [3.05, 3.63) is 52.6 Å². The van der Waals surface area contributed by atoms with Gasteiger partial charge >= 0.3 is 18.0 Å². The van der Waals surface area contributed by atoms with Crippen LogP contribution in [0.1, 0.15) is 29.5 Å². The molecule has 1 aliphatic carbocycles. The molecule has 1 atom stereocenters. The van der Waals surface area contributed by atoms with E-state index in [-0.39, 0.29) is 12.1 Å². The number of nitrogens with zero attached hydrogens (tertiary/aromatic N) is 2. The number of hydrogen-bond acceptors (Lipinski definition) is 6. The molecule has 6 heteroatoms. The largest absolute Gasteiger partial charge is 0.387 e. The van der Waals surface area contributed by atoms with Crippen molar-refractivity contribution >= 4 is 24.0 Å². The Morgan fingerprint density at radius 1 is 1.20 bits per heavy atom. The number of amidine groups is 1. The highest BCUT2D eigenvalue weighted by Crippen LogP contribution is 2.29. The van der Waals surface area contributed by atoms with Crippen molar-refractivity contribution in [2.24, 2.45) is 4.99 Å². The molecule has 1 unspecified atom stereocenters. The average Bonchev–Trinajstić information content (AvgIpc) is 2.92. The highest BCUT2D eigenvalue weighted by molar-refractivity contribution is 5.99. The van der Waals surface area contributed by atoms with Gasteiger partial charge in [0.05, 0.1) is 12.6 Å². The molecule has 2 heterocycles. The van der Waals surface area contributed by atoms with Gasteiger partial charge in [-0.25, -0.2) is 14.6 Å². The first kappa shape index (κ1) is 15.6. The first-order valence-electron chi connectivity index (χ1n) is 8.33. The van der Waals surface area contributed by atoms with Gasteiger partial charge in [-0.15, -0.1) is 0 Å². The third-order valence-corrected chi connectivity index (χ3v) is 4.50. The van der Waals surface area contributed by atoms with Crippen molar-refractivity contribution in [1.29, 1.82) is 0 Å². The lowest BCUT2D eigenvalue weighted by Gasteiger charge is -2.20. The molecule has 0 saturated heterocycles. The predicted octanol–water partition coefficient (Wildman–Crippen LogP) is 2.33. The van der Waals surface area contributed by atoms with Gasteiger partial charge in [0.15, 0.2) is 0 Å². The maximum Gasteiger partial charge on any atom is 0.356 e. The SMILES string of the molecule is Cc1ccc2c(c1)CCC(CC1CN3OC(=O)/C=C/C(=O)OC3=N1)=C2. The fraction of sp³-hybridized carbons (Fsp3) is 0.316. The van der Waals surface area contributed by atoms with Gasteiger partial charge in [-0.3, -0.25) is 0 Å². The Kier molecular flexibility index (Phi) is 3.87. The molecular weight excluding hydrogens is 320 g/mol. The molecule has 0 radical (unpaired) electrons. The molecule has 25 heavy (non-hydrogen) atoms. The maximum atomic E-state index is 11.6. The number of benzene rings is 1. The summed E-state index contributed by atoms with van der Waals surface area (Å²) in [6, 6.07) is 6.45. The Balaban J connectivity index is 1.49. The highest BCUT2D eigenvalue weighted by Gasteiger charge is 2.32. The highest BCUT2D eigenvalue weighted by atomic mass is 16.7. The molecule has 0 fully saturated rings. The van der Waals surface area contributed by atoms with E-state index in [4.69, 9.17) is 9.57 Å². The second kappa shape index (κ2) is 6.20. The minimum atomic E-state index is -0.623. The molecular formula is C19H18N2O4. The number of aliphatic imine (C=N–C) groups is 1. The van der Waals surface area contributed by atoms with Crippen LogP contribution in [-0.2, 0) is 25.6 Å². The van der Waals surface area contributed by atoms with E-state index in [1.54, 1.807) is 0 Å². The summed E-state index contributed by atoms with van der Waals surface area (Å²) in [6.07, 6.45) is 7.06. The van der Waals surface area contributed by atoms with E-state index >= 15 is 0 Å². The summed E-state index contributed by atoms with van der Waals surface area (Å²) in [6.45, 7) is 2.49. The van der Waals surface area contributed by atoms with Gasteiger partial charge in [0.2, 0.25) is 0 Å². The van der Waals surface area contributed by atoms with E-state index < -0.39 is 11.9 Å². The Hall–Kier alpha value is -2.89. The quantitative estimate of drug-likeness (QED) is 0.774. The molecule has 4 rings (SSSR count). The number of hydroxylamine groups is 2. The number of carbonyl (C=O) groups excluding carboxylic acids is 2. The summed E-state index contributed by atoms with van der Waals surface area (Å²) in [5, 5.41) is 1.26. The molecule has 128 valence electrons.